The van der Waals surface area contributed by atoms with Crippen molar-refractivity contribution in [2.75, 3.05) is 0 Å². The van der Waals surface area contributed by atoms with E-state index < -0.39 is 6.61 Å². The Hall–Kier alpha value is -0.680. The fourth-order valence-electron chi connectivity index (χ4n) is 0.991. The molecule has 0 N–H and O–H groups in total. The number of hydrogen-bond acceptors (Lipinski definition) is 2. The minimum atomic E-state index is -2.95. The Labute approximate surface area is 98.3 Å². The van der Waals surface area contributed by atoms with Gasteiger partial charge in [0.25, 0.3) is 0 Å². The predicted octanol–water partition coefficient (Wildman–Crippen LogP) is 3.91. The topological polar surface area (TPSA) is 26.3 Å². The summed E-state index contributed by atoms with van der Waals surface area (Å²) in [5.74, 6) is -0.379. The number of rotatable bonds is 3. The first-order valence-electron chi connectivity index (χ1n) is 3.87. The maximum Gasteiger partial charge on any atom is 0.387 e. The van der Waals surface area contributed by atoms with Gasteiger partial charge in [-0.15, -0.1) is 0 Å². The summed E-state index contributed by atoms with van der Waals surface area (Å²) in [4.78, 5) is 11.1. The van der Waals surface area contributed by atoms with Gasteiger partial charge in [0.2, 0.25) is 0 Å². The van der Waals surface area contributed by atoms with Gasteiger partial charge in [-0.3, -0.25) is 4.79 Å². The average molecular weight is 299 g/mol. The third-order valence-corrected chi connectivity index (χ3v) is 3.07. The van der Waals surface area contributed by atoms with Crippen molar-refractivity contribution in [3.8, 4) is 5.75 Å². The number of ether oxygens (including phenoxy) is 1. The molecule has 2 nitrogen and oxygen atoms in total. The Morgan fingerprint density at radius 2 is 2.13 bits per heavy atom. The van der Waals surface area contributed by atoms with Crippen molar-refractivity contribution in [2.24, 2.45) is 0 Å². The molecule has 1 aromatic carbocycles. The van der Waals surface area contributed by atoms with Crippen LogP contribution in [0.15, 0.2) is 16.6 Å². The van der Waals surface area contributed by atoms with Crippen LogP contribution in [0.3, 0.4) is 0 Å². The molecule has 0 amide bonds. The molecular weight excluding hydrogens is 293 g/mol. The van der Waals surface area contributed by atoms with Crippen molar-refractivity contribution < 1.29 is 18.3 Å². The van der Waals surface area contributed by atoms with Crippen LogP contribution < -0.4 is 4.74 Å². The molecule has 0 radical (unpaired) electrons. The van der Waals surface area contributed by atoms with Crippen LogP contribution in [-0.4, -0.2) is 12.4 Å². The summed E-state index contributed by atoms with van der Waals surface area (Å²) in [6, 6.07) is 2.60. The summed E-state index contributed by atoms with van der Waals surface area (Å²) >= 11 is 8.77. The first-order chi connectivity index (χ1) is 6.93. The van der Waals surface area contributed by atoms with Gasteiger partial charge in [-0.05, 0) is 35.0 Å². The lowest BCUT2D eigenvalue weighted by molar-refractivity contribution is -0.0498. The van der Waals surface area contributed by atoms with Crippen LogP contribution >= 0.6 is 27.5 Å². The maximum atomic E-state index is 11.9. The van der Waals surface area contributed by atoms with Crippen LogP contribution in [0.4, 0.5) is 8.78 Å². The quantitative estimate of drug-likeness (QED) is 0.791. The molecule has 0 spiro atoms. The third-order valence-electron chi connectivity index (χ3n) is 1.64. The summed E-state index contributed by atoms with van der Waals surface area (Å²) in [5.41, 5.74) is 0.321. The molecule has 0 aliphatic heterocycles. The molecule has 1 rings (SSSR count). The second kappa shape index (κ2) is 4.90. The van der Waals surface area contributed by atoms with Crippen LogP contribution in [0.2, 0.25) is 5.02 Å². The molecule has 0 saturated carbocycles. The van der Waals surface area contributed by atoms with E-state index in [1.54, 1.807) is 0 Å². The van der Waals surface area contributed by atoms with Gasteiger partial charge < -0.3 is 4.74 Å². The highest BCUT2D eigenvalue weighted by Crippen LogP contribution is 2.35. The Morgan fingerprint density at radius 1 is 1.53 bits per heavy atom. The minimum absolute atomic E-state index is 0.0389. The highest BCUT2D eigenvalue weighted by molar-refractivity contribution is 9.10. The largest absolute Gasteiger partial charge is 0.433 e. The van der Waals surface area contributed by atoms with Crippen molar-refractivity contribution in [3.05, 3.63) is 27.2 Å². The molecule has 0 bridgehead atoms. The van der Waals surface area contributed by atoms with Gasteiger partial charge in [0.05, 0.1) is 9.50 Å². The molecule has 0 atom stereocenters. The zero-order valence-electron chi connectivity index (χ0n) is 7.56. The highest BCUT2D eigenvalue weighted by atomic mass is 79.9. The van der Waals surface area contributed by atoms with E-state index in [1.807, 2.05) is 0 Å². The van der Waals surface area contributed by atoms with E-state index in [0.717, 1.165) is 0 Å². The number of hydrogen-bond donors (Lipinski definition) is 0. The van der Waals surface area contributed by atoms with Crippen molar-refractivity contribution in [2.45, 2.75) is 13.5 Å². The maximum absolute atomic E-state index is 11.9. The fourth-order valence-corrected chi connectivity index (χ4v) is 1.81. The Bertz CT molecular complexity index is 396. The van der Waals surface area contributed by atoms with Gasteiger partial charge in [-0.25, -0.2) is 0 Å². The zero-order valence-corrected chi connectivity index (χ0v) is 9.90. The summed E-state index contributed by atoms with van der Waals surface area (Å²) in [7, 11) is 0. The van der Waals surface area contributed by atoms with Crippen molar-refractivity contribution in [1.82, 2.24) is 0 Å². The second-order valence-corrected chi connectivity index (χ2v) is 3.84. The number of halogens is 4. The van der Waals surface area contributed by atoms with Gasteiger partial charge in [-0.1, -0.05) is 11.6 Å². The van der Waals surface area contributed by atoms with Gasteiger partial charge in [0, 0.05) is 5.56 Å². The molecule has 0 aliphatic carbocycles. The van der Waals surface area contributed by atoms with Crippen LogP contribution in [0, 0.1) is 0 Å². The van der Waals surface area contributed by atoms with Gasteiger partial charge in [0.1, 0.15) is 5.75 Å². The monoisotopic (exact) mass is 298 g/mol. The SMILES string of the molecule is CC(=O)c1ccc(OC(F)F)c(Cl)c1Br. The lowest BCUT2D eigenvalue weighted by Gasteiger charge is -2.09. The molecule has 0 fully saturated rings. The van der Waals surface area contributed by atoms with Crippen LogP contribution in [-0.2, 0) is 0 Å². The van der Waals surface area contributed by atoms with E-state index in [9.17, 15) is 13.6 Å². The number of ketones is 1. The summed E-state index contributed by atoms with van der Waals surface area (Å²) < 4.78 is 28.3. The van der Waals surface area contributed by atoms with E-state index in [1.165, 1.54) is 19.1 Å². The van der Waals surface area contributed by atoms with Crippen molar-refractivity contribution >= 4 is 33.3 Å². The Kier molecular flexibility index (Phi) is 4.04. The fraction of sp³-hybridized carbons (Fsp3) is 0.222. The molecule has 1 aromatic rings. The standard InChI is InChI=1S/C9H6BrClF2O2/c1-4(14)5-2-3-6(15-9(12)13)8(11)7(5)10/h2-3,9H,1H3. The predicted molar refractivity (Wildman–Crippen MR) is 55.8 cm³/mol. The average Bonchev–Trinajstić information content (AvgIpc) is 2.12. The highest BCUT2D eigenvalue weighted by Gasteiger charge is 2.15. The first-order valence-corrected chi connectivity index (χ1v) is 5.04. The second-order valence-electron chi connectivity index (χ2n) is 2.67. The lowest BCUT2D eigenvalue weighted by Crippen LogP contribution is -2.04. The van der Waals surface area contributed by atoms with E-state index >= 15 is 0 Å². The number of alkyl halides is 2. The molecule has 0 saturated heterocycles. The Balaban J connectivity index is 3.15. The van der Waals surface area contributed by atoms with Crippen LogP contribution in [0.5, 0.6) is 5.75 Å². The van der Waals surface area contributed by atoms with Crippen LogP contribution in [0.25, 0.3) is 0 Å². The van der Waals surface area contributed by atoms with Crippen LogP contribution in [0.1, 0.15) is 17.3 Å². The van der Waals surface area contributed by atoms with E-state index in [0.29, 0.717) is 5.56 Å². The Morgan fingerprint density at radius 3 is 2.60 bits per heavy atom. The molecule has 0 aliphatic rings. The smallest absolute Gasteiger partial charge is 0.387 e. The summed E-state index contributed by atoms with van der Waals surface area (Å²) in [6.45, 7) is -1.60. The number of Topliss-reactive ketones (excluding diaryl/α,β-unsaturated/α-hetero) is 1. The number of carbonyl (C=O) groups excluding carboxylic acids is 1. The molecule has 0 heterocycles. The number of benzene rings is 1. The first kappa shape index (κ1) is 12.4. The molecule has 6 heteroatoms. The van der Waals surface area contributed by atoms with E-state index in [4.69, 9.17) is 11.6 Å². The summed E-state index contributed by atoms with van der Waals surface area (Å²) in [5, 5.41) is -0.0389. The molecule has 0 aromatic heterocycles. The minimum Gasteiger partial charge on any atom is -0.433 e. The van der Waals surface area contributed by atoms with E-state index in [-0.39, 0.29) is 21.0 Å². The molecular formula is C9H6BrClF2O2. The van der Waals surface area contributed by atoms with Gasteiger partial charge >= 0.3 is 6.61 Å². The normalized spacial score (nSPS) is 10.5. The third kappa shape index (κ3) is 2.89. The van der Waals surface area contributed by atoms with Crippen molar-refractivity contribution in [3.63, 3.8) is 0 Å². The molecule has 15 heavy (non-hydrogen) atoms. The summed E-state index contributed by atoms with van der Waals surface area (Å²) in [6.07, 6.45) is 0. The molecule has 0 unspecified atom stereocenters. The van der Waals surface area contributed by atoms with Crippen molar-refractivity contribution in [1.29, 1.82) is 0 Å². The zero-order chi connectivity index (χ0) is 11.6. The lowest BCUT2D eigenvalue weighted by atomic mass is 10.1. The van der Waals surface area contributed by atoms with E-state index in [2.05, 4.69) is 20.7 Å². The van der Waals surface area contributed by atoms with Gasteiger partial charge in [0.15, 0.2) is 5.78 Å². The van der Waals surface area contributed by atoms with Gasteiger partial charge in [-0.2, -0.15) is 8.78 Å². The number of carbonyl (C=O) groups is 1. The molecule has 82 valence electrons.